The van der Waals surface area contributed by atoms with E-state index in [4.69, 9.17) is 16.3 Å². The highest BCUT2D eigenvalue weighted by Gasteiger charge is 2.13. The molecule has 0 fully saturated rings. The smallest absolute Gasteiger partial charge is 0.0900 e. The van der Waals surface area contributed by atoms with Gasteiger partial charge in [0.05, 0.1) is 25.0 Å². The van der Waals surface area contributed by atoms with Crippen molar-refractivity contribution >= 4 is 11.6 Å². The molecule has 0 bridgehead atoms. The van der Waals surface area contributed by atoms with Crippen LogP contribution in [0.1, 0.15) is 24.2 Å². The zero-order valence-electron chi connectivity index (χ0n) is 13.8. The summed E-state index contributed by atoms with van der Waals surface area (Å²) >= 11 is 5.88. The Labute approximate surface area is 142 Å². The van der Waals surface area contributed by atoms with E-state index in [9.17, 15) is 5.11 Å². The predicted molar refractivity (Wildman–Crippen MR) is 91.4 cm³/mol. The Morgan fingerprint density at radius 3 is 2.65 bits per heavy atom. The SMILES string of the molecule is CC(OCC(O)CN(C)Cc1cnn(C)c1)c1ccc(Cl)cc1. The van der Waals surface area contributed by atoms with Crippen molar-refractivity contribution in [3.63, 3.8) is 0 Å². The number of halogens is 1. The largest absolute Gasteiger partial charge is 0.389 e. The number of hydrogen-bond acceptors (Lipinski definition) is 4. The first-order valence-corrected chi connectivity index (χ1v) is 8.03. The van der Waals surface area contributed by atoms with Crippen LogP contribution in [0.2, 0.25) is 5.02 Å². The fourth-order valence-corrected chi connectivity index (χ4v) is 2.55. The minimum Gasteiger partial charge on any atom is -0.389 e. The van der Waals surface area contributed by atoms with Gasteiger partial charge in [-0.25, -0.2) is 0 Å². The van der Waals surface area contributed by atoms with Gasteiger partial charge < -0.3 is 9.84 Å². The summed E-state index contributed by atoms with van der Waals surface area (Å²) < 4.78 is 7.52. The van der Waals surface area contributed by atoms with Gasteiger partial charge in [-0.15, -0.1) is 0 Å². The summed E-state index contributed by atoms with van der Waals surface area (Å²) in [4.78, 5) is 2.05. The number of rotatable bonds is 8. The lowest BCUT2D eigenvalue weighted by Crippen LogP contribution is -2.32. The molecular weight excluding hydrogens is 314 g/mol. The Balaban J connectivity index is 1.73. The molecule has 1 aromatic carbocycles. The van der Waals surface area contributed by atoms with Crippen molar-refractivity contribution in [1.82, 2.24) is 14.7 Å². The van der Waals surface area contributed by atoms with Crippen molar-refractivity contribution < 1.29 is 9.84 Å². The Morgan fingerprint density at radius 1 is 1.35 bits per heavy atom. The summed E-state index contributed by atoms with van der Waals surface area (Å²) in [6.45, 7) is 3.55. The third-order valence-electron chi connectivity index (χ3n) is 3.61. The molecule has 23 heavy (non-hydrogen) atoms. The summed E-state index contributed by atoms with van der Waals surface area (Å²) in [5, 5.41) is 15.0. The number of hydrogen-bond donors (Lipinski definition) is 1. The predicted octanol–water partition coefficient (Wildman–Crippen LogP) is 2.64. The van der Waals surface area contributed by atoms with Crippen molar-refractivity contribution in [2.45, 2.75) is 25.7 Å². The van der Waals surface area contributed by atoms with Crippen LogP contribution in [0.25, 0.3) is 0 Å². The first-order chi connectivity index (χ1) is 10.9. The summed E-state index contributed by atoms with van der Waals surface area (Å²) in [5.74, 6) is 0. The van der Waals surface area contributed by atoms with Gasteiger partial charge in [-0.1, -0.05) is 23.7 Å². The van der Waals surface area contributed by atoms with E-state index >= 15 is 0 Å². The van der Waals surface area contributed by atoms with Crippen LogP contribution in [0.3, 0.4) is 0 Å². The fourth-order valence-electron chi connectivity index (χ4n) is 2.43. The van der Waals surface area contributed by atoms with Gasteiger partial charge in [-0.3, -0.25) is 9.58 Å². The molecule has 6 heteroatoms. The zero-order valence-corrected chi connectivity index (χ0v) is 14.6. The van der Waals surface area contributed by atoms with Crippen molar-refractivity contribution in [2.24, 2.45) is 7.05 Å². The molecule has 0 amide bonds. The van der Waals surface area contributed by atoms with Crippen molar-refractivity contribution in [3.8, 4) is 0 Å². The number of nitrogens with zero attached hydrogens (tertiary/aromatic N) is 3. The molecule has 126 valence electrons. The molecule has 2 aromatic rings. The maximum atomic E-state index is 10.1. The summed E-state index contributed by atoms with van der Waals surface area (Å²) in [6.07, 6.45) is 3.20. The lowest BCUT2D eigenvalue weighted by atomic mass is 10.1. The van der Waals surface area contributed by atoms with Crippen molar-refractivity contribution in [3.05, 3.63) is 52.8 Å². The molecule has 0 radical (unpaired) electrons. The highest BCUT2D eigenvalue weighted by Crippen LogP contribution is 2.19. The molecule has 1 heterocycles. The first kappa shape index (κ1) is 17.9. The summed E-state index contributed by atoms with van der Waals surface area (Å²) in [7, 11) is 3.86. The number of aliphatic hydroxyl groups excluding tert-OH is 1. The van der Waals surface area contributed by atoms with E-state index < -0.39 is 6.10 Å². The van der Waals surface area contributed by atoms with E-state index in [-0.39, 0.29) is 6.10 Å². The lowest BCUT2D eigenvalue weighted by Gasteiger charge is -2.21. The van der Waals surface area contributed by atoms with Crippen LogP contribution in [-0.4, -0.2) is 46.1 Å². The van der Waals surface area contributed by atoms with Crippen LogP contribution in [0, 0.1) is 0 Å². The molecule has 1 N–H and O–H groups in total. The van der Waals surface area contributed by atoms with Gasteiger partial charge >= 0.3 is 0 Å². The molecule has 0 aliphatic carbocycles. The van der Waals surface area contributed by atoms with Gasteiger partial charge in [-0.05, 0) is 31.7 Å². The highest BCUT2D eigenvalue weighted by atomic mass is 35.5. The van der Waals surface area contributed by atoms with E-state index in [2.05, 4.69) is 10.00 Å². The minimum atomic E-state index is -0.536. The van der Waals surface area contributed by atoms with Crippen LogP contribution >= 0.6 is 11.6 Å². The van der Waals surface area contributed by atoms with E-state index in [1.807, 2.05) is 57.7 Å². The lowest BCUT2D eigenvalue weighted by molar-refractivity contribution is -0.0138. The van der Waals surface area contributed by atoms with E-state index in [0.717, 1.165) is 17.7 Å². The molecule has 0 aliphatic heterocycles. The number of benzene rings is 1. The van der Waals surface area contributed by atoms with E-state index in [1.165, 1.54) is 0 Å². The standard InChI is InChI=1S/C17H24ClN3O2/c1-13(15-4-6-16(18)7-5-15)23-12-17(22)11-20(2)9-14-8-19-21(3)10-14/h4-8,10,13,17,22H,9,11-12H2,1-3H3. The topological polar surface area (TPSA) is 50.5 Å². The van der Waals surface area contributed by atoms with Crippen LogP contribution in [0.15, 0.2) is 36.7 Å². The Bertz CT molecular complexity index is 600. The van der Waals surface area contributed by atoms with E-state index in [1.54, 1.807) is 4.68 Å². The summed E-state index contributed by atoms with van der Waals surface area (Å²) in [5.41, 5.74) is 2.17. The molecule has 1 aromatic heterocycles. The highest BCUT2D eigenvalue weighted by molar-refractivity contribution is 6.30. The van der Waals surface area contributed by atoms with Gasteiger partial charge in [0.2, 0.25) is 0 Å². The minimum absolute atomic E-state index is 0.0782. The number of aromatic nitrogens is 2. The van der Waals surface area contributed by atoms with Crippen LogP contribution in [0.4, 0.5) is 0 Å². The normalized spacial score (nSPS) is 14.2. The van der Waals surface area contributed by atoms with Crippen molar-refractivity contribution in [2.75, 3.05) is 20.2 Å². The monoisotopic (exact) mass is 337 g/mol. The Morgan fingerprint density at radius 2 is 2.04 bits per heavy atom. The molecule has 2 rings (SSSR count). The average molecular weight is 338 g/mol. The zero-order chi connectivity index (χ0) is 16.8. The van der Waals surface area contributed by atoms with Gasteiger partial charge in [0.15, 0.2) is 0 Å². The molecule has 0 saturated heterocycles. The fraction of sp³-hybridized carbons (Fsp3) is 0.471. The van der Waals surface area contributed by atoms with Gasteiger partial charge in [0.1, 0.15) is 0 Å². The number of ether oxygens (including phenoxy) is 1. The van der Waals surface area contributed by atoms with Crippen LogP contribution in [0.5, 0.6) is 0 Å². The quantitative estimate of drug-likeness (QED) is 0.804. The van der Waals surface area contributed by atoms with Gasteiger partial charge in [0, 0.05) is 36.9 Å². The second-order valence-corrected chi connectivity index (χ2v) is 6.34. The second kappa shape index (κ2) is 8.45. The third-order valence-corrected chi connectivity index (χ3v) is 3.86. The van der Waals surface area contributed by atoms with Crippen molar-refractivity contribution in [1.29, 1.82) is 0 Å². The number of aryl methyl sites for hydroxylation is 1. The molecule has 0 spiro atoms. The Hall–Kier alpha value is -1.40. The third kappa shape index (κ3) is 5.95. The maximum absolute atomic E-state index is 10.1. The molecule has 5 nitrogen and oxygen atoms in total. The van der Waals surface area contributed by atoms with E-state index in [0.29, 0.717) is 18.2 Å². The number of aliphatic hydroxyl groups is 1. The summed E-state index contributed by atoms with van der Waals surface area (Å²) in [6, 6.07) is 7.56. The Kier molecular flexibility index (Phi) is 6.59. The average Bonchev–Trinajstić information content (AvgIpc) is 2.90. The molecule has 0 saturated carbocycles. The first-order valence-electron chi connectivity index (χ1n) is 7.65. The second-order valence-electron chi connectivity index (χ2n) is 5.90. The van der Waals surface area contributed by atoms with Crippen LogP contribution < -0.4 is 0 Å². The van der Waals surface area contributed by atoms with Gasteiger partial charge in [-0.2, -0.15) is 5.10 Å². The maximum Gasteiger partial charge on any atom is 0.0900 e. The van der Waals surface area contributed by atoms with Crippen LogP contribution in [-0.2, 0) is 18.3 Å². The molecular formula is C17H24ClN3O2. The van der Waals surface area contributed by atoms with Gasteiger partial charge in [0.25, 0.3) is 0 Å². The molecule has 2 unspecified atom stereocenters. The number of likely N-dealkylation sites (N-methyl/N-ethyl adjacent to an activating group) is 1. The molecule has 2 atom stereocenters. The molecule has 0 aliphatic rings.